The third-order valence-electron chi connectivity index (χ3n) is 3.59. The van der Waals surface area contributed by atoms with E-state index in [1.807, 2.05) is 36.5 Å². The zero-order chi connectivity index (χ0) is 16.1. The molecule has 1 atom stereocenters. The average molecular weight is 305 g/mol. The Morgan fingerprint density at radius 1 is 1.13 bits per heavy atom. The standard InChI is InChI=1S/C19H16FN3/c1-2-19(16-6-8-17(20)9-7-16)21-14-15-4-10-18(11-5-15)23-13-3-12-22-23/h1,3-13,19,21H,14H2. The minimum absolute atomic E-state index is 0.249. The van der Waals surface area contributed by atoms with Crippen molar-refractivity contribution >= 4 is 0 Å². The van der Waals surface area contributed by atoms with E-state index in [2.05, 4.69) is 16.3 Å². The molecular weight excluding hydrogens is 289 g/mol. The highest BCUT2D eigenvalue weighted by molar-refractivity contribution is 5.34. The number of hydrogen-bond donors (Lipinski definition) is 1. The van der Waals surface area contributed by atoms with Crippen molar-refractivity contribution in [1.29, 1.82) is 0 Å². The second-order valence-electron chi connectivity index (χ2n) is 5.15. The van der Waals surface area contributed by atoms with Gasteiger partial charge in [-0.3, -0.25) is 5.32 Å². The number of halogens is 1. The van der Waals surface area contributed by atoms with E-state index in [9.17, 15) is 4.39 Å². The lowest BCUT2D eigenvalue weighted by Gasteiger charge is -2.14. The van der Waals surface area contributed by atoms with Crippen molar-refractivity contribution in [3.8, 4) is 18.0 Å². The summed E-state index contributed by atoms with van der Waals surface area (Å²) >= 11 is 0. The fraction of sp³-hybridized carbons (Fsp3) is 0.105. The van der Waals surface area contributed by atoms with Crippen molar-refractivity contribution in [1.82, 2.24) is 15.1 Å². The van der Waals surface area contributed by atoms with E-state index in [0.29, 0.717) is 6.54 Å². The Kier molecular flexibility index (Phi) is 4.51. The van der Waals surface area contributed by atoms with Crippen LogP contribution in [0.25, 0.3) is 5.69 Å². The monoisotopic (exact) mass is 305 g/mol. The summed E-state index contributed by atoms with van der Waals surface area (Å²) in [6.07, 6.45) is 9.22. The third-order valence-corrected chi connectivity index (χ3v) is 3.59. The zero-order valence-corrected chi connectivity index (χ0v) is 12.5. The zero-order valence-electron chi connectivity index (χ0n) is 12.5. The van der Waals surface area contributed by atoms with Crippen molar-refractivity contribution in [2.45, 2.75) is 12.6 Å². The third kappa shape index (κ3) is 3.65. The largest absolute Gasteiger partial charge is 0.296 e. The molecule has 1 aromatic heterocycles. The van der Waals surface area contributed by atoms with Gasteiger partial charge in [0.15, 0.2) is 0 Å². The van der Waals surface area contributed by atoms with Crippen LogP contribution < -0.4 is 5.32 Å². The van der Waals surface area contributed by atoms with Crippen LogP contribution in [0.2, 0.25) is 0 Å². The molecule has 1 heterocycles. The molecule has 1 N–H and O–H groups in total. The Labute approximate surface area is 134 Å². The van der Waals surface area contributed by atoms with Crippen molar-refractivity contribution in [2.75, 3.05) is 0 Å². The van der Waals surface area contributed by atoms with E-state index in [1.54, 1.807) is 23.0 Å². The summed E-state index contributed by atoms with van der Waals surface area (Å²) in [5.74, 6) is 2.43. The summed E-state index contributed by atoms with van der Waals surface area (Å²) in [6.45, 7) is 0.631. The van der Waals surface area contributed by atoms with Crippen LogP contribution in [0.3, 0.4) is 0 Å². The molecule has 0 fully saturated rings. The molecule has 1 unspecified atom stereocenters. The van der Waals surface area contributed by atoms with Crippen LogP contribution in [0.5, 0.6) is 0 Å². The molecule has 4 heteroatoms. The lowest BCUT2D eigenvalue weighted by atomic mass is 10.1. The Balaban J connectivity index is 1.65. The van der Waals surface area contributed by atoms with E-state index in [1.165, 1.54) is 12.1 Å². The summed E-state index contributed by atoms with van der Waals surface area (Å²) in [4.78, 5) is 0. The Bertz CT molecular complexity index is 784. The van der Waals surface area contributed by atoms with Crippen LogP contribution in [-0.4, -0.2) is 9.78 Å². The second-order valence-corrected chi connectivity index (χ2v) is 5.15. The molecule has 0 spiro atoms. The predicted molar refractivity (Wildman–Crippen MR) is 88.4 cm³/mol. The van der Waals surface area contributed by atoms with Gasteiger partial charge in [0.1, 0.15) is 5.82 Å². The number of hydrogen-bond acceptors (Lipinski definition) is 2. The SMILES string of the molecule is C#CC(NCc1ccc(-n2cccn2)cc1)c1ccc(F)cc1. The topological polar surface area (TPSA) is 29.9 Å². The van der Waals surface area contributed by atoms with Gasteiger partial charge in [-0.05, 0) is 41.5 Å². The van der Waals surface area contributed by atoms with E-state index in [0.717, 1.165) is 16.8 Å². The molecule has 3 rings (SSSR count). The first-order chi connectivity index (χ1) is 11.3. The molecule has 114 valence electrons. The lowest BCUT2D eigenvalue weighted by molar-refractivity contribution is 0.616. The smallest absolute Gasteiger partial charge is 0.123 e. The molecule has 0 amide bonds. The second kappa shape index (κ2) is 6.91. The molecule has 0 aliphatic carbocycles. The van der Waals surface area contributed by atoms with Crippen molar-refractivity contribution in [3.63, 3.8) is 0 Å². The van der Waals surface area contributed by atoms with Crippen LogP contribution in [0.1, 0.15) is 17.2 Å². The first kappa shape index (κ1) is 15.0. The van der Waals surface area contributed by atoms with Gasteiger partial charge < -0.3 is 0 Å². The van der Waals surface area contributed by atoms with Crippen LogP contribution >= 0.6 is 0 Å². The first-order valence-electron chi connectivity index (χ1n) is 7.30. The van der Waals surface area contributed by atoms with Gasteiger partial charge in [-0.25, -0.2) is 9.07 Å². The van der Waals surface area contributed by atoms with Gasteiger partial charge in [-0.1, -0.05) is 30.2 Å². The maximum Gasteiger partial charge on any atom is 0.123 e. The summed E-state index contributed by atoms with van der Waals surface area (Å²) in [6, 6.07) is 15.9. The molecule has 3 aromatic rings. The Morgan fingerprint density at radius 3 is 2.48 bits per heavy atom. The Morgan fingerprint density at radius 2 is 1.87 bits per heavy atom. The fourth-order valence-electron chi connectivity index (χ4n) is 2.34. The Hall–Kier alpha value is -2.90. The van der Waals surface area contributed by atoms with Crippen molar-refractivity contribution < 1.29 is 4.39 Å². The molecule has 0 saturated carbocycles. The van der Waals surface area contributed by atoms with E-state index in [4.69, 9.17) is 6.42 Å². The number of nitrogens with one attached hydrogen (secondary N) is 1. The van der Waals surface area contributed by atoms with Gasteiger partial charge >= 0.3 is 0 Å². The summed E-state index contributed by atoms with van der Waals surface area (Å²) in [5, 5.41) is 7.49. The highest BCUT2D eigenvalue weighted by atomic mass is 19.1. The van der Waals surface area contributed by atoms with Crippen LogP contribution in [0.4, 0.5) is 4.39 Å². The van der Waals surface area contributed by atoms with Crippen LogP contribution in [0, 0.1) is 18.2 Å². The molecule has 2 aromatic carbocycles. The van der Waals surface area contributed by atoms with Crippen molar-refractivity contribution in [3.05, 3.63) is 83.9 Å². The van der Waals surface area contributed by atoms with Crippen LogP contribution in [-0.2, 0) is 6.54 Å². The minimum atomic E-state index is -0.265. The van der Waals surface area contributed by atoms with Crippen LogP contribution in [0.15, 0.2) is 67.0 Å². The maximum absolute atomic E-state index is 13.0. The number of terminal acetylenes is 1. The molecule has 0 saturated heterocycles. The molecule has 23 heavy (non-hydrogen) atoms. The lowest BCUT2D eigenvalue weighted by Crippen LogP contribution is -2.19. The normalized spacial score (nSPS) is 11.8. The van der Waals surface area contributed by atoms with Crippen molar-refractivity contribution in [2.24, 2.45) is 0 Å². The first-order valence-corrected chi connectivity index (χ1v) is 7.30. The highest BCUT2D eigenvalue weighted by Crippen LogP contribution is 2.14. The predicted octanol–water partition coefficient (Wildman–Crippen LogP) is 3.48. The molecule has 0 radical (unpaired) electrons. The van der Waals surface area contributed by atoms with Gasteiger partial charge in [-0.2, -0.15) is 5.10 Å². The summed E-state index contributed by atoms with van der Waals surface area (Å²) < 4.78 is 14.8. The molecule has 0 aliphatic rings. The summed E-state index contributed by atoms with van der Waals surface area (Å²) in [7, 11) is 0. The minimum Gasteiger partial charge on any atom is -0.296 e. The molecule has 0 bridgehead atoms. The van der Waals surface area contributed by atoms with Gasteiger partial charge in [0, 0.05) is 18.9 Å². The number of nitrogens with zero attached hydrogens (tertiary/aromatic N) is 2. The van der Waals surface area contributed by atoms with E-state index in [-0.39, 0.29) is 11.9 Å². The number of aromatic nitrogens is 2. The quantitative estimate of drug-likeness (QED) is 0.731. The van der Waals surface area contributed by atoms with Gasteiger partial charge in [0.2, 0.25) is 0 Å². The van der Waals surface area contributed by atoms with Gasteiger partial charge in [-0.15, -0.1) is 6.42 Å². The highest BCUT2D eigenvalue weighted by Gasteiger charge is 2.07. The average Bonchev–Trinajstić information content (AvgIpc) is 3.12. The van der Waals surface area contributed by atoms with E-state index >= 15 is 0 Å². The van der Waals surface area contributed by atoms with Gasteiger partial charge in [0.05, 0.1) is 11.7 Å². The number of benzene rings is 2. The molecular formula is C19H16FN3. The maximum atomic E-state index is 13.0. The van der Waals surface area contributed by atoms with E-state index < -0.39 is 0 Å². The number of rotatable bonds is 5. The molecule has 0 aliphatic heterocycles. The van der Waals surface area contributed by atoms with Gasteiger partial charge in [0.25, 0.3) is 0 Å². The molecule has 3 nitrogen and oxygen atoms in total. The fourth-order valence-corrected chi connectivity index (χ4v) is 2.34. The summed E-state index contributed by atoms with van der Waals surface area (Å²) in [5.41, 5.74) is 3.00.